The Hall–Kier alpha value is -0.220. The van der Waals surface area contributed by atoms with Crippen LogP contribution in [0.4, 0.5) is 0 Å². The van der Waals surface area contributed by atoms with E-state index in [-0.39, 0.29) is 5.91 Å². The van der Waals surface area contributed by atoms with Crippen LogP contribution < -0.4 is 5.32 Å². The molecule has 0 bridgehead atoms. The fourth-order valence-electron chi connectivity index (χ4n) is 0.317. The molecule has 1 aliphatic rings. The van der Waals surface area contributed by atoms with Gasteiger partial charge in [-0.2, -0.15) is 8.42 Å². The molecule has 9 heteroatoms. The summed E-state index contributed by atoms with van der Waals surface area (Å²) in [6, 6.07) is 0. The Balaban J connectivity index is 0.000000217. The molecule has 6 nitrogen and oxygen atoms in total. The Labute approximate surface area is 78.3 Å². The number of hydrogen-bond donors (Lipinski definition) is 3. The van der Waals surface area contributed by atoms with Crippen LogP contribution in [0.15, 0.2) is 0 Å². The average Bonchev–Trinajstić information content (AvgIpc) is 2.09. The van der Waals surface area contributed by atoms with Crippen LogP contribution >= 0.6 is 24.0 Å². The van der Waals surface area contributed by atoms with Crippen LogP contribution in [0, 0.1) is 0 Å². The van der Waals surface area contributed by atoms with Crippen molar-refractivity contribution in [3.05, 3.63) is 0 Å². The summed E-state index contributed by atoms with van der Waals surface area (Å²) in [5, 5.41) is 2.47. The lowest BCUT2D eigenvalue weighted by molar-refractivity contribution is -0.116. The number of rotatable bonds is 0. The van der Waals surface area contributed by atoms with Crippen LogP contribution in [0.1, 0.15) is 0 Å². The smallest absolute Gasteiger partial charge is 0.311 e. The number of carbonyl (C=O) groups is 1. The van der Waals surface area contributed by atoms with Gasteiger partial charge in [0.2, 0.25) is 5.91 Å². The van der Waals surface area contributed by atoms with E-state index in [2.05, 4.69) is 17.5 Å². The lowest BCUT2D eigenvalue weighted by Gasteiger charge is -1.81. The highest BCUT2D eigenvalue weighted by Crippen LogP contribution is 2.06. The van der Waals surface area contributed by atoms with Crippen molar-refractivity contribution in [1.82, 2.24) is 5.32 Å². The Morgan fingerprint density at radius 3 is 2.00 bits per heavy atom. The molecule has 1 rings (SSSR count). The van der Waals surface area contributed by atoms with Crippen molar-refractivity contribution in [1.29, 1.82) is 0 Å². The van der Waals surface area contributed by atoms with E-state index in [9.17, 15) is 4.79 Å². The van der Waals surface area contributed by atoms with Crippen LogP contribution in [0.25, 0.3) is 0 Å². The Morgan fingerprint density at radius 2 is 1.92 bits per heavy atom. The topological polar surface area (TPSA) is 104 Å². The molecule has 0 saturated carbocycles. The van der Waals surface area contributed by atoms with Gasteiger partial charge in [-0.15, -0.1) is 0 Å². The summed E-state index contributed by atoms with van der Waals surface area (Å²) in [5.74, 6) is 0.522. The molecule has 0 spiro atoms. The standard InChI is InChI=1S/C3H3NOS2.H2O4S/c5-2-1-7-3(6)4-2;1-5(2,3)4/h1H2,(H,4,5,6);(H2,1,2,3,4). The first kappa shape index (κ1) is 11.8. The Morgan fingerprint density at radius 1 is 1.50 bits per heavy atom. The maximum atomic E-state index is 10.2. The quantitative estimate of drug-likeness (QED) is 0.380. The molecular formula is C3H5NO5S3. The van der Waals surface area contributed by atoms with Crippen LogP contribution in [0.5, 0.6) is 0 Å². The van der Waals surface area contributed by atoms with Crippen molar-refractivity contribution in [3.63, 3.8) is 0 Å². The van der Waals surface area contributed by atoms with Gasteiger partial charge in [-0.05, 0) is 0 Å². The highest BCUT2D eigenvalue weighted by Gasteiger charge is 2.13. The second-order valence-electron chi connectivity index (χ2n) is 1.57. The van der Waals surface area contributed by atoms with Crippen molar-refractivity contribution in [2.24, 2.45) is 0 Å². The van der Waals surface area contributed by atoms with E-state index in [0.717, 1.165) is 0 Å². The second kappa shape index (κ2) is 4.72. The summed E-state index contributed by atoms with van der Waals surface area (Å²) in [6.07, 6.45) is 0. The van der Waals surface area contributed by atoms with Gasteiger partial charge in [-0.25, -0.2) is 0 Å². The van der Waals surface area contributed by atoms with E-state index < -0.39 is 10.4 Å². The zero-order valence-electron chi connectivity index (χ0n) is 5.55. The zero-order valence-corrected chi connectivity index (χ0v) is 8.00. The maximum absolute atomic E-state index is 10.2. The molecule has 1 saturated heterocycles. The molecule has 1 fully saturated rings. The largest absolute Gasteiger partial charge is 0.394 e. The molecular weight excluding hydrogens is 226 g/mol. The van der Waals surface area contributed by atoms with E-state index >= 15 is 0 Å². The predicted molar refractivity (Wildman–Crippen MR) is 47.4 cm³/mol. The molecule has 0 unspecified atom stereocenters. The second-order valence-corrected chi connectivity index (χ2v) is 4.12. The lowest BCUT2D eigenvalue weighted by Crippen LogP contribution is -2.18. The summed E-state index contributed by atoms with van der Waals surface area (Å²) in [7, 11) is -4.67. The summed E-state index contributed by atoms with van der Waals surface area (Å²) in [6.45, 7) is 0. The fourth-order valence-corrected chi connectivity index (χ4v) is 1.13. The van der Waals surface area contributed by atoms with Gasteiger partial charge in [-0.1, -0.05) is 24.0 Å². The number of thiocarbonyl (C=S) groups is 1. The third-order valence-corrected chi connectivity index (χ3v) is 1.80. The van der Waals surface area contributed by atoms with Gasteiger partial charge in [0, 0.05) is 0 Å². The normalized spacial score (nSPS) is 16.5. The van der Waals surface area contributed by atoms with Crippen LogP contribution in [0.3, 0.4) is 0 Å². The summed E-state index contributed by atoms with van der Waals surface area (Å²) >= 11 is 6.00. The summed E-state index contributed by atoms with van der Waals surface area (Å²) in [5.41, 5.74) is 0. The average molecular weight is 231 g/mol. The lowest BCUT2D eigenvalue weighted by atomic mass is 10.7. The highest BCUT2D eigenvalue weighted by molar-refractivity contribution is 8.24. The van der Waals surface area contributed by atoms with Crippen molar-refractivity contribution in [3.8, 4) is 0 Å². The van der Waals surface area contributed by atoms with Gasteiger partial charge in [0.1, 0.15) is 4.32 Å². The number of thioether (sulfide) groups is 1. The van der Waals surface area contributed by atoms with Gasteiger partial charge in [0.25, 0.3) is 0 Å². The third-order valence-electron chi connectivity index (χ3n) is 0.576. The molecule has 1 heterocycles. The minimum absolute atomic E-state index is 0.0231. The highest BCUT2D eigenvalue weighted by atomic mass is 32.3. The molecule has 1 aliphatic heterocycles. The van der Waals surface area contributed by atoms with Gasteiger partial charge >= 0.3 is 10.4 Å². The molecule has 0 aromatic carbocycles. The predicted octanol–water partition coefficient (Wildman–Crippen LogP) is -0.518. The zero-order chi connectivity index (χ0) is 9.78. The van der Waals surface area contributed by atoms with Crippen LogP contribution in [-0.4, -0.2) is 33.5 Å². The molecule has 0 atom stereocenters. The summed E-state index contributed by atoms with van der Waals surface area (Å²) in [4.78, 5) is 10.2. The van der Waals surface area contributed by atoms with E-state index in [1.165, 1.54) is 11.8 Å². The van der Waals surface area contributed by atoms with E-state index in [4.69, 9.17) is 17.5 Å². The van der Waals surface area contributed by atoms with E-state index in [1.807, 2.05) is 0 Å². The van der Waals surface area contributed by atoms with Crippen LogP contribution in [0.2, 0.25) is 0 Å². The van der Waals surface area contributed by atoms with Crippen molar-refractivity contribution < 1.29 is 22.3 Å². The molecule has 12 heavy (non-hydrogen) atoms. The number of nitrogens with one attached hydrogen (secondary N) is 1. The number of carbonyl (C=O) groups excluding carboxylic acids is 1. The molecule has 3 N–H and O–H groups in total. The fraction of sp³-hybridized carbons (Fsp3) is 0.333. The molecule has 0 aromatic heterocycles. The minimum atomic E-state index is -4.67. The van der Waals surface area contributed by atoms with Gasteiger partial charge < -0.3 is 5.32 Å². The van der Waals surface area contributed by atoms with Crippen molar-refractivity contribution in [2.75, 3.05) is 5.75 Å². The molecule has 0 radical (unpaired) electrons. The van der Waals surface area contributed by atoms with E-state index in [0.29, 0.717) is 10.1 Å². The molecule has 0 aromatic rings. The monoisotopic (exact) mass is 231 g/mol. The third kappa shape index (κ3) is 9.78. The molecule has 70 valence electrons. The maximum Gasteiger partial charge on any atom is 0.394 e. The van der Waals surface area contributed by atoms with Crippen LogP contribution in [-0.2, 0) is 15.2 Å². The summed E-state index contributed by atoms with van der Waals surface area (Å²) < 4.78 is 32.2. The minimum Gasteiger partial charge on any atom is -0.311 e. The first-order valence-electron chi connectivity index (χ1n) is 2.45. The molecule has 0 aliphatic carbocycles. The SMILES string of the molecule is O=C1CSC(=S)N1.O=S(=O)(O)O. The van der Waals surface area contributed by atoms with Gasteiger partial charge in [0.05, 0.1) is 5.75 Å². The Kier molecular flexibility index (Phi) is 4.63. The number of hydrogen-bond acceptors (Lipinski definition) is 5. The van der Waals surface area contributed by atoms with Crippen molar-refractivity contribution in [2.45, 2.75) is 0 Å². The first-order valence-corrected chi connectivity index (χ1v) is 5.24. The van der Waals surface area contributed by atoms with Crippen molar-refractivity contribution >= 4 is 44.6 Å². The van der Waals surface area contributed by atoms with E-state index in [1.54, 1.807) is 0 Å². The van der Waals surface area contributed by atoms with Gasteiger partial charge in [0.15, 0.2) is 0 Å². The van der Waals surface area contributed by atoms with Gasteiger partial charge in [-0.3, -0.25) is 13.9 Å². The number of amides is 1. The Bertz CT molecular complexity index is 260. The first-order chi connectivity index (χ1) is 5.29. The molecule has 1 amide bonds.